The van der Waals surface area contributed by atoms with Gasteiger partial charge in [-0.2, -0.15) is 0 Å². The normalized spacial score (nSPS) is 10.4. The summed E-state index contributed by atoms with van der Waals surface area (Å²) in [5.74, 6) is 1.28. The van der Waals surface area contributed by atoms with E-state index in [2.05, 4.69) is 32.9 Å². The summed E-state index contributed by atoms with van der Waals surface area (Å²) in [5.41, 5.74) is 3.60. The van der Waals surface area contributed by atoms with Crippen LogP contribution in [0.1, 0.15) is 42.9 Å². The second kappa shape index (κ2) is 6.43. The Hall–Kier alpha value is -1.31. The van der Waals surface area contributed by atoms with Gasteiger partial charge >= 0.3 is 0 Å². The molecular weight excluding hydrogens is 212 g/mol. The molecule has 0 radical (unpaired) electrons. The predicted octanol–water partition coefficient (Wildman–Crippen LogP) is 3.75. The van der Waals surface area contributed by atoms with Crippen molar-refractivity contribution in [3.63, 3.8) is 0 Å². The first-order chi connectivity index (χ1) is 8.04. The molecule has 1 aromatic rings. The Bertz CT molecular complexity index is 371. The standard InChI is InChI=1S/C15H22O2/c1-5-14(16)7-6-8-17-15-12(3)9-11(2)10-13(15)4/h9-10H,5-8H2,1-4H3. The van der Waals surface area contributed by atoms with Crippen LogP contribution in [0.2, 0.25) is 0 Å². The van der Waals surface area contributed by atoms with E-state index in [4.69, 9.17) is 4.74 Å². The number of carbonyl (C=O) groups excluding carboxylic acids is 1. The maximum atomic E-state index is 11.1. The molecule has 0 aromatic heterocycles. The summed E-state index contributed by atoms with van der Waals surface area (Å²) in [6, 6.07) is 4.25. The van der Waals surface area contributed by atoms with Gasteiger partial charge in [-0.15, -0.1) is 0 Å². The first-order valence-corrected chi connectivity index (χ1v) is 6.27. The summed E-state index contributed by atoms with van der Waals surface area (Å²) in [5, 5.41) is 0. The molecule has 0 aliphatic heterocycles. The molecule has 94 valence electrons. The lowest BCUT2D eigenvalue weighted by Gasteiger charge is -2.12. The lowest BCUT2D eigenvalue weighted by molar-refractivity contribution is -0.118. The van der Waals surface area contributed by atoms with Crippen LogP contribution in [0.15, 0.2) is 12.1 Å². The minimum Gasteiger partial charge on any atom is -0.493 e. The van der Waals surface area contributed by atoms with Gasteiger partial charge in [-0.05, 0) is 38.3 Å². The van der Waals surface area contributed by atoms with Crippen molar-refractivity contribution in [2.24, 2.45) is 0 Å². The molecule has 0 spiro atoms. The molecule has 0 unspecified atom stereocenters. The average molecular weight is 234 g/mol. The third-order valence-corrected chi connectivity index (χ3v) is 2.85. The largest absolute Gasteiger partial charge is 0.493 e. The number of Topliss-reactive ketones (excluding diaryl/α,β-unsaturated/α-hetero) is 1. The smallest absolute Gasteiger partial charge is 0.132 e. The van der Waals surface area contributed by atoms with Crippen molar-refractivity contribution in [1.82, 2.24) is 0 Å². The van der Waals surface area contributed by atoms with Crippen LogP contribution >= 0.6 is 0 Å². The second-order valence-electron chi connectivity index (χ2n) is 4.57. The van der Waals surface area contributed by atoms with E-state index in [9.17, 15) is 4.79 Å². The maximum absolute atomic E-state index is 11.1. The van der Waals surface area contributed by atoms with Crippen molar-refractivity contribution in [3.8, 4) is 5.75 Å². The maximum Gasteiger partial charge on any atom is 0.132 e. The number of hydrogen-bond donors (Lipinski definition) is 0. The molecule has 0 saturated carbocycles. The van der Waals surface area contributed by atoms with Gasteiger partial charge in [-0.1, -0.05) is 24.6 Å². The van der Waals surface area contributed by atoms with Crippen LogP contribution in [-0.4, -0.2) is 12.4 Å². The molecule has 2 nitrogen and oxygen atoms in total. The van der Waals surface area contributed by atoms with E-state index < -0.39 is 0 Å². The predicted molar refractivity (Wildman–Crippen MR) is 70.7 cm³/mol. The molecule has 0 aliphatic rings. The Kier molecular flexibility index (Phi) is 5.20. The molecule has 0 saturated heterocycles. The van der Waals surface area contributed by atoms with E-state index >= 15 is 0 Å². The van der Waals surface area contributed by atoms with E-state index in [1.807, 2.05) is 6.92 Å². The molecule has 0 heterocycles. The van der Waals surface area contributed by atoms with Gasteiger partial charge in [0, 0.05) is 12.8 Å². The SMILES string of the molecule is CCC(=O)CCCOc1c(C)cc(C)cc1C. The molecule has 17 heavy (non-hydrogen) atoms. The van der Waals surface area contributed by atoms with Gasteiger partial charge < -0.3 is 4.74 Å². The van der Waals surface area contributed by atoms with Crippen molar-refractivity contribution in [2.75, 3.05) is 6.61 Å². The van der Waals surface area contributed by atoms with E-state index in [1.54, 1.807) is 0 Å². The van der Waals surface area contributed by atoms with Gasteiger partial charge in [-0.25, -0.2) is 0 Å². The Balaban J connectivity index is 2.50. The molecule has 0 N–H and O–H groups in total. The molecule has 0 aliphatic carbocycles. The molecular formula is C15H22O2. The van der Waals surface area contributed by atoms with Crippen LogP contribution in [0, 0.1) is 20.8 Å². The minimum atomic E-state index is 0.311. The number of ketones is 1. The van der Waals surface area contributed by atoms with Crippen LogP contribution in [0.3, 0.4) is 0 Å². The highest BCUT2D eigenvalue weighted by molar-refractivity contribution is 5.77. The van der Waals surface area contributed by atoms with Gasteiger partial charge in [0.2, 0.25) is 0 Å². The molecule has 1 rings (SSSR count). The van der Waals surface area contributed by atoms with E-state index in [0.29, 0.717) is 25.2 Å². The number of ether oxygens (including phenoxy) is 1. The molecule has 0 atom stereocenters. The molecule has 1 aromatic carbocycles. The highest BCUT2D eigenvalue weighted by Crippen LogP contribution is 2.24. The summed E-state index contributed by atoms with van der Waals surface area (Å²) in [6.45, 7) is 8.73. The van der Waals surface area contributed by atoms with Crippen LogP contribution in [0.5, 0.6) is 5.75 Å². The molecule has 0 fully saturated rings. The number of benzene rings is 1. The van der Waals surface area contributed by atoms with Gasteiger partial charge in [-0.3, -0.25) is 4.79 Å². The Morgan fingerprint density at radius 2 is 1.76 bits per heavy atom. The van der Waals surface area contributed by atoms with Crippen LogP contribution in [0.25, 0.3) is 0 Å². The highest BCUT2D eigenvalue weighted by Gasteiger charge is 2.05. The average Bonchev–Trinajstić information content (AvgIpc) is 2.26. The van der Waals surface area contributed by atoms with E-state index in [-0.39, 0.29) is 0 Å². The zero-order chi connectivity index (χ0) is 12.8. The summed E-state index contributed by atoms with van der Waals surface area (Å²) in [6.07, 6.45) is 2.06. The van der Waals surface area contributed by atoms with Gasteiger partial charge in [0.15, 0.2) is 0 Å². The Labute approximate surface area is 104 Å². The van der Waals surface area contributed by atoms with Gasteiger partial charge in [0.25, 0.3) is 0 Å². The summed E-state index contributed by atoms with van der Waals surface area (Å²) >= 11 is 0. The second-order valence-corrected chi connectivity index (χ2v) is 4.57. The summed E-state index contributed by atoms with van der Waals surface area (Å²) in [7, 11) is 0. The van der Waals surface area contributed by atoms with Crippen molar-refractivity contribution in [2.45, 2.75) is 47.0 Å². The molecule has 2 heteroatoms. The molecule has 0 bridgehead atoms. The van der Waals surface area contributed by atoms with Crippen LogP contribution < -0.4 is 4.74 Å². The summed E-state index contributed by atoms with van der Waals surface area (Å²) < 4.78 is 5.77. The number of aryl methyl sites for hydroxylation is 3. The van der Waals surface area contributed by atoms with E-state index in [0.717, 1.165) is 12.2 Å². The molecule has 0 amide bonds. The third-order valence-electron chi connectivity index (χ3n) is 2.85. The number of rotatable bonds is 6. The first kappa shape index (κ1) is 13.8. The number of carbonyl (C=O) groups is 1. The zero-order valence-corrected chi connectivity index (χ0v) is 11.3. The minimum absolute atomic E-state index is 0.311. The lowest BCUT2D eigenvalue weighted by Crippen LogP contribution is -2.04. The van der Waals surface area contributed by atoms with Gasteiger partial charge in [0.1, 0.15) is 11.5 Å². The topological polar surface area (TPSA) is 26.3 Å². The van der Waals surface area contributed by atoms with E-state index in [1.165, 1.54) is 16.7 Å². The third kappa shape index (κ3) is 4.22. The zero-order valence-electron chi connectivity index (χ0n) is 11.3. The quantitative estimate of drug-likeness (QED) is 0.701. The summed E-state index contributed by atoms with van der Waals surface area (Å²) in [4.78, 5) is 11.1. The van der Waals surface area contributed by atoms with Gasteiger partial charge in [0.05, 0.1) is 6.61 Å². The number of hydrogen-bond acceptors (Lipinski definition) is 2. The fourth-order valence-electron chi connectivity index (χ4n) is 2.01. The van der Waals surface area contributed by atoms with Crippen molar-refractivity contribution in [3.05, 3.63) is 28.8 Å². The van der Waals surface area contributed by atoms with Crippen molar-refractivity contribution < 1.29 is 9.53 Å². The fourth-order valence-corrected chi connectivity index (χ4v) is 2.01. The lowest BCUT2D eigenvalue weighted by atomic mass is 10.1. The van der Waals surface area contributed by atoms with Crippen LogP contribution in [-0.2, 0) is 4.79 Å². The first-order valence-electron chi connectivity index (χ1n) is 6.27. The highest BCUT2D eigenvalue weighted by atomic mass is 16.5. The fraction of sp³-hybridized carbons (Fsp3) is 0.533. The van der Waals surface area contributed by atoms with Crippen molar-refractivity contribution >= 4 is 5.78 Å². The Morgan fingerprint density at radius 1 is 1.18 bits per heavy atom. The van der Waals surface area contributed by atoms with Crippen LogP contribution in [0.4, 0.5) is 0 Å². The Morgan fingerprint density at radius 3 is 2.29 bits per heavy atom. The monoisotopic (exact) mass is 234 g/mol. The van der Waals surface area contributed by atoms with Crippen molar-refractivity contribution in [1.29, 1.82) is 0 Å².